The molecule has 3 aromatic rings. The fraction of sp³-hybridized carbons (Fsp3) is 0.238. The van der Waals surface area contributed by atoms with E-state index in [4.69, 9.17) is 9.84 Å². The maximum absolute atomic E-state index is 12.9. The Bertz CT molecular complexity index is 1010. The Morgan fingerprint density at radius 3 is 2.59 bits per heavy atom. The zero-order valence-corrected chi connectivity index (χ0v) is 16.4. The Balaban J connectivity index is 1.70. The van der Waals surface area contributed by atoms with Crippen LogP contribution >= 0.6 is 11.8 Å². The number of aromatic nitrogens is 2. The number of hydrogen-bond acceptors (Lipinski definition) is 4. The molecule has 1 aliphatic heterocycles. The summed E-state index contributed by atoms with van der Waals surface area (Å²) in [6.07, 6.45) is 0. The number of fused-ring (bicyclic) bond motifs is 1. The quantitative estimate of drug-likeness (QED) is 0.725. The molecule has 0 atom stereocenters. The highest BCUT2D eigenvalue weighted by Gasteiger charge is 2.25. The topological polar surface area (TPSA) is 56.1 Å². The van der Waals surface area contributed by atoms with Crippen LogP contribution in [0.3, 0.4) is 0 Å². The zero-order chi connectivity index (χ0) is 19.0. The van der Waals surface area contributed by atoms with Crippen molar-refractivity contribution in [2.24, 2.45) is 0 Å². The third-order valence-electron chi connectivity index (χ3n) is 4.87. The summed E-state index contributed by atoms with van der Waals surface area (Å²) < 4.78 is 7.06. The average Bonchev–Trinajstić information content (AvgIpc) is 3.26. The van der Waals surface area contributed by atoms with Crippen molar-refractivity contribution >= 4 is 23.5 Å². The van der Waals surface area contributed by atoms with Crippen molar-refractivity contribution in [1.29, 1.82) is 0 Å². The van der Waals surface area contributed by atoms with Crippen molar-refractivity contribution in [3.8, 4) is 11.4 Å². The number of carbonyl (C=O) groups is 1. The lowest BCUT2D eigenvalue weighted by Gasteiger charge is -2.12. The van der Waals surface area contributed by atoms with E-state index in [1.54, 1.807) is 7.11 Å². The Hall–Kier alpha value is -2.73. The van der Waals surface area contributed by atoms with Crippen LogP contribution in [0.15, 0.2) is 42.5 Å². The number of rotatable bonds is 4. The molecule has 0 radical (unpaired) electrons. The van der Waals surface area contributed by atoms with Crippen LogP contribution in [-0.4, -0.2) is 22.8 Å². The summed E-state index contributed by atoms with van der Waals surface area (Å²) in [6, 6.07) is 13.4. The monoisotopic (exact) mass is 379 g/mol. The van der Waals surface area contributed by atoms with Crippen molar-refractivity contribution in [3.05, 3.63) is 70.4 Å². The molecule has 0 bridgehead atoms. The number of thioether (sulfide) groups is 1. The van der Waals surface area contributed by atoms with E-state index in [0.29, 0.717) is 5.56 Å². The summed E-state index contributed by atoms with van der Waals surface area (Å²) in [5.41, 5.74) is 5.96. The molecule has 4 rings (SSSR count). The molecule has 2 heterocycles. The second kappa shape index (κ2) is 7.12. The van der Waals surface area contributed by atoms with Crippen LogP contribution in [0, 0.1) is 13.8 Å². The van der Waals surface area contributed by atoms with Crippen LogP contribution < -0.4 is 10.1 Å². The number of ether oxygens (including phenoxy) is 1. The number of benzene rings is 2. The molecular formula is C21H21N3O2S. The highest BCUT2D eigenvalue weighted by molar-refractivity contribution is 7.98. The first-order valence-electron chi connectivity index (χ1n) is 8.78. The third kappa shape index (κ3) is 3.32. The Morgan fingerprint density at radius 1 is 1.11 bits per heavy atom. The van der Waals surface area contributed by atoms with E-state index in [2.05, 4.69) is 5.32 Å². The number of anilines is 1. The van der Waals surface area contributed by atoms with Gasteiger partial charge in [0, 0.05) is 22.6 Å². The van der Waals surface area contributed by atoms with Crippen molar-refractivity contribution in [2.45, 2.75) is 25.4 Å². The molecule has 0 unspecified atom stereocenters. The van der Waals surface area contributed by atoms with Gasteiger partial charge in [-0.2, -0.15) is 16.9 Å². The molecule has 138 valence electrons. The predicted molar refractivity (Wildman–Crippen MR) is 109 cm³/mol. The Morgan fingerprint density at radius 2 is 1.89 bits per heavy atom. The van der Waals surface area contributed by atoms with Crippen molar-refractivity contribution in [2.75, 3.05) is 12.4 Å². The Kier molecular flexibility index (Phi) is 4.66. The molecule has 0 fully saturated rings. The van der Waals surface area contributed by atoms with Gasteiger partial charge in [-0.1, -0.05) is 6.07 Å². The molecule has 0 saturated heterocycles. The number of aryl methyl sites for hydroxylation is 2. The summed E-state index contributed by atoms with van der Waals surface area (Å²) >= 11 is 1.81. The molecule has 0 aliphatic carbocycles. The highest BCUT2D eigenvalue weighted by Crippen LogP contribution is 2.36. The standard InChI is InChI=1S/C21H21N3O2S/c1-13-4-5-15(10-14(13)2)21(25)22-20-18-11-27-12-19(18)23-24(20)16-6-8-17(26-3)9-7-16/h4-10H,11-12H2,1-3H3,(H,22,25). The molecule has 0 spiro atoms. The smallest absolute Gasteiger partial charge is 0.256 e. The number of methoxy groups -OCH3 is 1. The number of hydrogen-bond donors (Lipinski definition) is 1. The van der Waals surface area contributed by atoms with E-state index < -0.39 is 0 Å². The summed E-state index contributed by atoms with van der Waals surface area (Å²) in [7, 11) is 1.64. The van der Waals surface area contributed by atoms with Gasteiger partial charge in [0.2, 0.25) is 0 Å². The summed E-state index contributed by atoms with van der Waals surface area (Å²) in [5.74, 6) is 3.14. The molecule has 1 aromatic heterocycles. The fourth-order valence-corrected chi connectivity index (χ4v) is 4.15. The molecule has 1 N–H and O–H groups in total. The summed E-state index contributed by atoms with van der Waals surface area (Å²) in [5, 5.41) is 7.83. The van der Waals surface area contributed by atoms with E-state index in [1.807, 2.05) is 72.8 Å². The first kappa shape index (κ1) is 17.7. The number of carbonyl (C=O) groups excluding carboxylic acids is 1. The third-order valence-corrected chi connectivity index (χ3v) is 5.84. The van der Waals surface area contributed by atoms with Crippen molar-refractivity contribution in [3.63, 3.8) is 0 Å². The number of amides is 1. The van der Waals surface area contributed by atoms with Crippen molar-refractivity contribution in [1.82, 2.24) is 9.78 Å². The van der Waals surface area contributed by atoms with Crippen LogP contribution in [0.1, 0.15) is 32.7 Å². The second-order valence-electron chi connectivity index (χ2n) is 6.63. The minimum absolute atomic E-state index is 0.118. The minimum atomic E-state index is -0.118. The normalized spacial score (nSPS) is 12.7. The van der Waals surface area contributed by atoms with Crippen LogP contribution in [-0.2, 0) is 11.5 Å². The van der Waals surface area contributed by atoms with E-state index in [1.165, 1.54) is 5.56 Å². The van der Waals surface area contributed by atoms with Gasteiger partial charge in [-0.25, -0.2) is 4.68 Å². The van der Waals surface area contributed by atoms with Gasteiger partial charge in [-0.3, -0.25) is 4.79 Å². The van der Waals surface area contributed by atoms with E-state index >= 15 is 0 Å². The Labute approximate surface area is 162 Å². The zero-order valence-electron chi connectivity index (χ0n) is 15.6. The lowest BCUT2D eigenvalue weighted by molar-refractivity contribution is 0.102. The molecule has 5 nitrogen and oxygen atoms in total. The summed E-state index contributed by atoms with van der Waals surface area (Å²) in [6.45, 7) is 4.06. The first-order valence-corrected chi connectivity index (χ1v) is 9.94. The molecule has 1 amide bonds. The largest absolute Gasteiger partial charge is 0.497 e. The van der Waals surface area contributed by atoms with Gasteiger partial charge in [-0.15, -0.1) is 0 Å². The SMILES string of the molecule is COc1ccc(-n2nc3c(c2NC(=O)c2ccc(C)c(C)c2)CSC3)cc1. The van der Waals surface area contributed by atoms with Gasteiger partial charge in [0.15, 0.2) is 0 Å². The van der Waals surface area contributed by atoms with Gasteiger partial charge in [-0.05, 0) is 61.4 Å². The lowest BCUT2D eigenvalue weighted by atomic mass is 10.1. The average molecular weight is 379 g/mol. The van der Waals surface area contributed by atoms with Gasteiger partial charge in [0.05, 0.1) is 18.5 Å². The van der Waals surface area contributed by atoms with E-state index in [0.717, 1.165) is 45.6 Å². The van der Waals surface area contributed by atoms with Crippen LogP contribution in [0.25, 0.3) is 5.69 Å². The second-order valence-corrected chi connectivity index (χ2v) is 7.62. The maximum Gasteiger partial charge on any atom is 0.256 e. The van der Waals surface area contributed by atoms with Gasteiger partial charge in [0.25, 0.3) is 5.91 Å². The molecule has 1 aliphatic rings. The minimum Gasteiger partial charge on any atom is -0.497 e. The number of nitrogens with zero attached hydrogens (tertiary/aromatic N) is 2. The first-order chi connectivity index (χ1) is 13.1. The van der Waals surface area contributed by atoms with Crippen molar-refractivity contribution < 1.29 is 9.53 Å². The van der Waals surface area contributed by atoms with Crippen LogP contribution in [0.2, 0.25) is 0 Å². The van der Waals surface area contributed by atoms with Crippen LogP contribution in [0.5, 0.6) is 5.75 Å². The maximum atomic E-state index is 12.9. The lowest BCUT2D eigenvalue weighted by Crippen LogP contribution is -2.16. The van der Waals surface area contributed by atoms with E-state index in [-0.39, 0.29) is 5.91 Å². The molecule has 6 heteroatoms. The summed E-state index contributed by atoms with van der Waals surface area (Å²) in [4.78, 5) is 12.9. The molecular weight excluding hydrogens is 358 g/mol. The molecule has 0 saturated carbocycles. The highest BCUT2D eigenvalue weighted by atomic mass is 32.2. The molecule has 2 aromatic carbocycles. The predicted octanol–water partition coefficient (Wildman–Crippen LogP) is 4.50. The fourth-order valence-electron chi connectivity index (χ4n) is 3.11. The van der Waals surface area contributed by atoms with Gasteiger partial charge in [0.1, 0.15) is 11.6 Å². The van der Waals surface area contributed by atoms with E-state index in [9.17, 15) is 4.79 Å². The molecule has 27 heavy (non-hydrogen) atoms. The number of nitrogens with one attached hydrogen (secondary N) is 1. The van der Waals surface area contributed by atoms with Gasteiger partial charge >= 0.3 is 0 Å². The van der Waals surface area contributed by atoms with Crippen LogP contribution in [0.4, 0.5) is 5.82 Å². The van der Waals surface area contributed by atoms with Gasteiger partial charge < -0.3 is 10.1 Å².